The quantitative estimate of drug-likeness (QED) is 0.615. The van der Waals surface area contributed by atoms with Gasteiger partial charge in [0, 0.05) is 0 Å². The largest absolute Gasteiger partial charge is 0.377 e. The average molecular weight is 362 g/mol. The Morgan fingerprint density at radius 1 is 0.808 bits per heavy atom. The lowest BCUT2D eigenvalue weighted by molar-refractivity contribution is -0.301. The minimum Gasteiger partial charge on any atom is -0.295 e. The van der Waals surface area contributed by atoms with E-state index in [1.807, 2.05) is 0 Å². The van der Waals surface area contributed by atoms with Gasteiger partial charge < -0.3 is 0 Å². The molecular weight excluding hydrogens is 344 g/mol. The van der Waals surface area contributed by atoms with Crippen molar-refractivity contribution in [3.05, 3.63) is 59.7 Å². The molecule has 0 saturated carbocycles. The highest BCUT2D eigenvalue weighted by Gasteiger charge is 2.21. The van der Waals surface area contributed by atoms with Gasteiger partial charge in [-0.2, -0.15) is 10.1 Å². The molecule has 0 amide bonds. The van der Waals surface area contributed by atoms with Crippen LogP contribution in [-0.2, 0) is 14.7 Å². The molecule has 0 aliphatic rings. The van der Waals surface area contributed by atoms with Crippen molar-refractivity contribution in [1.29, 1.82) is 0 Å². The topological polar surface area (TPSA) is 101 Å². The smallest absolute Gasteiger partial charge is 0.295 e. The van der Waals surface area contributed by atoms with Gasteiger partial charge in [0.1, 0.15) is 16.7 Å². The molecule has 0 bridgehead atoms. The van der Waals surface area contributed by atoms with Crippen molar-refractivity contribution in [2.24, 2.45) is 0 Å². The van der Waals surface area contributed by atoms with Gasteiger partial charge in [0.2, 0.25) is 0 Å². The highest BCUT2D eigenvalue weighted by atomic mass is 17.2. The average Bonchev–Trinajstić information content (AvgIpc) is 2.63. The van der Waals surface area contributed by atoms with Crippen molar-refractivity contribution in [3.63, 3.8) is 0 Å². The first-order valence-electron chi connectivity index (χ1n) is 7.60. The molecule has 2 aromatic rings. The maximum Gasteiger partial charge on any atom is 0.377 e. The highest BCUT2D eigenvalue weighted by molar-refractivity contribution is 5.92. The van der Waals surface area contributed by atoms with E-state index in [-0.39, 0.29) is 22.6 Å². The molecule has 0 radical (unpaired) electrons. The van der Waals surface area contributed by atoms with Crippen LogP contribution in [0.2, 0.25) is 0 Å². The summed E-state index contributed by atoms with van der Waals surface area (Å²) in [7, 11) is 0. The lowest BCUT2D eigenvalue weighted by Gasteiger charge is -2.17. The zero-order valence-corrected chi connectivity index (χ0v) is 14.4. The van der Waals surface area contributed by atoms with Crippen molar-refractivity contribution in [1.82, 2.24) is 0 Å². The van der Waals surface area contributed by atoms with Gasteiger partial charge in [0.15, 0.2) is 11.5 Å². The van der Waals surface area contributed by atoms with E-state index in [0.717, 1.165) is 0 Å². The standard InChI is InChI=1S/C18H18O8/c1-18(2,3)26-25-17(20)13-9-5-7-11-15(13)24-23-14-10-6-4-8-12(14)16(19)22-21/h4-11,21H,1-3H3. The summed E-state index contributed by atoms with van der Waals surface area (Å²) in [4.78, 5) is 47.4. The molecule has 0 aliphatic carbocycles. The Labute approximate surface area is 149 Å². The van der Waals surface area contributed by atoms with Gasteiger partial charge in [-0.3, -0.25) is 19.6 Å². The van der Waals surface area contributed by atoms with E-state index < -0.39 is 17.5 Å². The molecule has 0 fully saturated rings. The molecular formula is C18H18O8. The molecule has 0 aliphatic heterocycles. The van der Waals surface area contributed by atoms with Gasteiger partial charge in [0.25, 0.3) is 0 Å². The fourth-order valence-electron chi connectivity index (χ4n) is 1.76. The summed E-state index contributed by atoms with van der Waals surface area (Å²) in [5.74, 6) is -1.76. The van der Waals surface area contributed by atoms with E-state index in [9.17, 15) is 9.59 Å². The van der Waals surface area contributed by atoms with E-state index in [4.69, 9.17) is 24.8 Å². The fourth-order valence-corrected chi connectivity index (χ4v) is 1.76. The molecule has 0 spiro atoms. The fraction of sp³-hybridized carbons (Fsp3) is 0.222. The van der Waals surface area contributed by atoms with Crippen LogP contribution in [-0.4, -0.2) is 22.8 Å². The third-order valence-electron chi connectivity index (χ3n) is 2.89. The number of hydrogen-bond donors (Lipinski definition) is 1. The number of benzene rings is 2. The van der Waals surface area contributed by atoms with Crippen LogP contribution in [0.25, 0.3) is 0 Å². The summed E-state index contributed by atoms with van der Waals surface area (Å²) in [6, 6.07) is 12.1. The predicted octanol–water partition coefficient (Wildman–Crippen LogP) is 3.58. The number of para-hydroxylation sites is 2. The number of carbonyl (C=O) groups is 2. The first-order chi connectivity index (χ1) is 12.3. The SMILES string of the molecule is CC(C)(C)OOC(=O)c1ccccc1OOc1ccccc1C(=O)OO. The molecule has 0 aromatic heterocycles. The van der Waals surface area contributed by atoms with Gasteiger partial charge in [-0.1, -0.05) is 24.3 Å². The number of carbonyl (C=O) groups excluding carboxylic acids is 2. The van der Waals surface area contributed by atoms with Gasteiger partial charge >= 0.3 is 11.9 Å². The van der Waals surface area contributed by atoms with Crippen molar-refractivity contribution in [3.8, 4) is 11.5 Å². The lowest BCUT2D eigenvalue weighted by Crippen LogP contribution is -2.22. The normalized spacial score (nSPS) is 10.8. The molecule has 26 heavy (non-hydrogen) atoms. The van der Waals surface area contributed by atoms with Crippen molar-refractivity contribution in [2.75, 3.05) is 0 Å². The van der Waals surface area contributed by atoms with Crippen LogP contribution in [0.3, 0.4) is 0 Å². The Morgan fingerprint density at radius 3 is 1.73 bits per heavy atom. The summed E-state index contributed by atoms with van der Waals surface area (Å²) in [5, 5.41) is 8.52. The first kappa shape index (κ1) is 19.2. The summed E-state index contributed by atoms with van der Waals surface area (Å²) in [6.45, 7) is 5.18. The zero-order valence-electron chi connectivity index (χ0n) is 14.4. The van der Waals surface area contributed by atoms with Crippen LogP contribution < -0.4 is 9.78 Å². The Hall–Kier alpha value is -3.10. The van der Waals surface area contributed by atoms with E-state index in [0.29, 0.717) is 0 Å². The Morgan fingerprint density at radius 2 is 1.27 bits per heavy atom. The minimum atomic E-state index is -1.02. The third kappa shape index (κ3) is 5.20. The molecule has 0 heterocycles. The van der Waals surface area contributed by atoms with Gasteiger partial charge in [-0.05, 0) is 45.0 Å². The predicted molar refractivity (Wildman–Crippen MR) is 88.4 cm³/mol. The van der Waals surface area contributed by atoms with Crippen LogP contribution in [0.5, 0.6) is 11.5 Å². The monoisotopic (exact) mass is 362 g/mol. The molecule has 8 heteroatoms. The van der Waals surface area contributed by atoms with Crippen LogP contribution in [0.15, 0.2) is 48.5 Å². The second-order valence-electron chi connectivity index (χ2n) is 6.10. The molecule has 0 atom stereocenters. The van der Waals surface area contributed by atoms with E-state index >= 15 is 0 Å². The second-order valence-corrected chi connectivity index (χ2v) is 6.10. The van der Waals surface area contributed by atoms with Crippen LogP contribution in [0.1, 0.15) is 41.5 Å². The highest BCUT2D eigenvalue weighted by Crippen LogP contribution is 2.24. The molecule has 2 rings (SSSR count). The summed E-state index contributed by atoms with van der Waals surface area (Å²) >= 11 is 0. The maximum absolute atomic E-state index is 12.2. The van der Waals surface area contributed by atoms with Crippen LogP contribution in [0.4, 0.5) is 0 Å². The molecule has 8 nitrogen and oxygen atoms in total. The number of rotatable bonds is 6. The first-order valence-corrected chi connectivity index (χ1v) is 7.60. The van der Waals surface area contributed by atoms with Crippen molar-refractivity contribution >= 4 is 11.9 Å². The van der Waals surface area contributed by atoms with Crippen molar-refractivity contribution in [2.45, 2.75) is 26.4 Å². The van der Waals surface area contributed by atoms with Gasteiger partial charge in [0.05, 0.1) is 0 Å². The number of hydrogen-bond acceptors (Lipinski definition) is 8. The molecule has 138 valence electrons. The summed E-state index contributed by atoms with van der Waals surface area (Å²) in [6.07, 6.45) is 0. The van der Waals surface area contributed by atoms with Crippen LogP contribution >= 0.6 is 0 Å². The minimum absolute atomic E-state index is 0.0133. The maximum atomic E-state index is 12.2. The Bertz CT molecular complexity index is 779. The Kier molecular flexibility index (Phi) is 6.16. The van der Waals surface area contributed by atoms with E-state index in [1.54, 1.807) is 45.0 Å². The zero-order chi connectivity index (χ0) is 19.2. The Balaban J connectivity index is 2.14. The summed E-state index contributed by atoms with van der Waals surface area (Å²) < 4.78 is 0. The molecule has 0 saturated heterocycles. The van der Waals surface area contributed by atoms with Gasteiger partial charge in [-0.25, -0.2) is 9.59 Å². The third-order valence-corrected chi connectivity index (χ3v) is 2.89. The van der Waals surface area contributed by atoms with E-state index in [2.05, 4.69) is 4.89 Å². The molecule has 1 N–H and O–H groups in total. The van der Waals surface area contributed by atoms with Crippen molar-refractivity contribution < 1.29 is 39.3 Å². The van der Waals surface area contributed by atoms with Gasteiger partial charge in [-0.15, -0.1) is 0 Å². The summed E-state index contributed by atoms with van der Waals surface area (Å²) in [5.41, 5.74) is -0.684. The van der Waals surface area contributed by atoms with E-state index in [1.165, 1.54) is 24.3 Å². The second kappa shape index (κ2) is 8.32. The van der Waals surface area contributed by atoms with Crippen LogP contribution in [0, 0.1) is 0 Å². The molecule has 0 unspecified atom stereocenters. The molecule has 2 aromatic carbocycles. The lowest BCUT2D eigenvalue weighted by atomic mass is 10.2.